The third-order valence-corrected chi connectivity index (χ3v) is 4.31. The van der Waals surface area contributed by atoms with Crippen LogP contribution in [0, 0.1) is 5.92 Å². The normalized spacial score (nSPS) is 12.1. The third-order valence-electron chi connectivity index (χ3n) is 4.31. The number of nitrogen functional groups attached to an aromatic ring is 1. The number of carbonyl (C=O) groups excluding carboxylic acids is 1. The number of aryl methyl sites for hydroxylation is 1. The molecule has 2 aromatic heterocycles. The van der Waals surface area contributed by atoms with Crippen LogP contribution in [-0.4, -0.2) is 25.7 Å². The Morgan fingerprint density at radius 1 is 1.19 bits per heavy atom. The molecule has 2 heterocycles. The van der Waals surface area contributed by atoms with Gasteiger partial charge in [-0.05, 0) is 36.1 Å². The lowest BCUT2D eigenvalue weighted by Crippen LogP contribution is -2.31. The Hall–Kier alpha value is -3.22. The van der Waals surface area contributed by atoms with E-state index in [0.717, 1.165) is 23.4 Å². The van der Waals surface area contributed by atoms with Crippen molar-refractivity contribution in [3.63, 3.8) is 0 Å². The monoisotopic (exact) mass is 364 g/mol. The largest absolute Gasteiger partial charge is 0.397 e. The molecule has 140 valence electrons. The number of aromatic nitrogens is 4. The molecular formula is C20H24N6O. The summed E-state index contributed by atoms with van der Waals surface area (Å²) in [5.74, 6) is 1.02. The fourth-order valence-electron chi connectivity index (χ4n) is 2.99. The van der Waals surface area contributed by atoms with E-state index in [0.29, 0.717) is 17.2 Å². The first-order valence-electron chi connectivity index (χ1n) is 8.89. The van der Waals surface area contributed by atoms with E-state index in [1.807, 2.05) is 25.2 Å². The molecule has 0 aliphatic heterocycles. The molecule has 3 N–H and O–H groups in total. The van der Waals surface area contributed by atoms with Gasteiger partial charge in [0.2, 0.25) is 0 Å². The van der Waals surface area contributed by atoms with Crippen LogP contribution in [0.1, 0.15) is 42.5 Å². The molecule has 0 saturated heterocycles. The molecule has 0 saturated carbocycles. The fraction of sp³-hybridized carbons (Fsp3) is 0.300. The molecule has 7 heteroatoms. The van der Waals surface area contributed by atoms with Crippen molar-refractivity contribution in [2.75, 3.05) is 5.73 Å². The minimum atomic E-state index is -0.192. The summed E-state index contributed by atoms with van der Waals surface area (Å²) in [7, 11) is 1.83. The maximum absolute atomic E-state index is 12.7. The van der Waals surface area contributed by atoms with Crippen molar-refractivity contribution in [2.45, 2.75) is 26.3 Å². The Kier molecular flexibility index (Phi) is 5.49. The summed E-state index contributed by atoms with van der Waals surface area (Å²) in [6, 6.07) is 9.06. The maximum Gasteiger partial charge on any atom is 0.251 e. The number of anilines is 1. The highest BCUT2D eigenvalue weighted by Gasteiger charge is 2.21. The number of pyridine rings is 1. The molecule has 0 radical (unpaired) electrons. The number of nitrogens with zero attached hydrogens (tertiary/aromatic N) is 4. The van der Waals surface area contributed by atoms with Crippen LogP contribution in [0.3, 0.4) is 0 Å². The highest BCUT2D eigenvalue weighted by molar-refractivity contribution is 5.94. The first-order valence-corrected chi connectivity index (χ1v) is 8.89. The predicted molar refractivity (Wildman–Crippen MR) is 105 cm³/mol. The van der Waals surface area contributed by atoms with Gasteiger partial charge in [-0.2, -0.15) is 5.10 Å². The quantitative estimate of drug-likeness (QED) is 0.700. The number of nitrogens with one attached hydrogen (secondary N) is 1. The second kappa shape index (κ2) is 7.99. The average molecular weight is 364 g/mol. The van der Waals surface area contributed by atoms with Crippen molar-refractivity contribution < 1.29 is 4.79 Å². The summed E-state index contributed by atoms with van der Waals surface area (Å²) in [6.45, 7) is 4.23. The Balaban J connectivity index is 1.77. The Bertz CT molecular complexity index is 916. The second-order valence-corrected chi connectivity index (χ2v) is 6.98. The lowest BCUT2D eigenvalue weighted by Gasteiger charge is -2.20. The van der Waals surface area contributed by atoms with E-state index in [1.54, 1.807) is 29.2 Å². The van der Waals surface area contributed by atoms with E-state index >= 15 is 0 Å². The fourth-order valence-corrected chi connectivity index (χ4v) is 2.99. The highest BCUT2D eigenvalue weighted by atomic mass is 16.1. The summed E-state index contributed by atoms with van der Waals surface area (Å²) in [5.41, 5.74) is 8.86. The number of hydrogen-bond acceptors (Lipinski definition) is 5. The lowest BCUT2D eigenvalue weighted by atomic mass is 10.0. The van der Waals surface area contributed by atoms with Crippen LogP contribution in [0.25, 0.3) is 11.1 Å². The number of carbonyl (C=O) groups is 1. The van der Waals surface area contributed by atoms with Gasteiger partial charge >= 0.3 is 0 Å². The van der Waals surface area contributed by atoms with Crippen LogP contribution in [0.5, 0.6) is 0 Å². The zero-order chi connectivity index (χ0) is 19.4. The smallest absolute Gasteiger partial charge is 0.251 e. The van der Waals surface area contributed by atoms with E-state index in [4.69, 9.17) is 5.73 Å². The van der Waals surface area contributed by atoms with E-state index in [-0.39, 0.29) is 11.9 Å². The Labute approximate surface area is 158 Å². The van der Waals surface area contributed by atoms with Gasteiger partial charge in [0.1, 0.15) is 12.2 Å². The van der Waals surface area contributed by atoms with Crippen molar-refractivity contribution in [3.05, 3.63) is 60.4 Å². The zero-order valence-electron chi connectivity index (χ0n) is 15.8. The van der Waals surface area contributed by atoms with Crippen LogP contribution in [0.15, 0.2) is 49.1 Å². The minimum Gasteiger partial charge on any atom is -0.397 e. The van der Waals surface area contributed by atoms with Gasteiger partial charge in [0.15, 0.2) is 0 Å². The molecule has 7 nitrogen and oxygen atoms in total. The average Bonchev–Trinajstić information content (AvgIpc) is 3.07. The van der Waals surface area contributed by atoms with Gasteiger partial charge in [0.25, 0.3) is 5.91 Å². The molecule has 3 rings (SSSR count). The van der Waals surface area contributed by atoms with Crippen molar-refractivity contribution in [1.29, 1.82) is 0 Å². The number of nitrogens with two attached hydrogens (primary N) is 1. The molecule has 0 fully saturated rings. The molecule has 27 heavy (non-hydrogen) atoms. The molecule has 0 unspecified atom stereocenters. The minimum absolute atomic E-state index is 0.138. The first-order chi connectivity index (χ1) is 12.9. The summed E-state index contributed by atoms with van der Waals surface area (Å²) < 4.78 is 1.70. The van der Waals surface area contributed by atoms with Crippen molar-refractivity contribution in [2.24, 2.45) is 13.0 Å². The second-order valence-electron chi connectivity index (χ2n) is 6.98. The molecule has 0 aliphatic rings. The number of hydrogen-bond donors (Lipinski definition) is 2. The molecule has 0 spiro atoms. The van der Waals surface area contributed by atoms with E-state index in [2.05, 4.69) is 34.2 Å². The molecule has 1 atom stereocenters. The molecule has 0 bridgehead atoms. The summed E-state index contributed by atoms with van der Waals surface area (Å²) in [5, 5.41) is 7.20. The number of amides is 1. The zero-order valence-corrected chi connectivity index (χ0v) is 15.8. The van der Waals surface area contributed by atoms with Gasteiger partial charge in [0, 0.05) is 30.6 Å². The van der Waals surface area contributed by atoms with Gasteiger partial charge in [0.05, 0.1) is 11.7 Å². The van der Waals surface area contributed by atoms with Gasteiger partial charge in [-0.1, -0.05) is 26.0 Å². The molecular weight excluding hydrogens is 340 g/mol. The van der Waals surface area contributed by atoms with Crippen molar-refractivity contribution in [3.8, 4) is 11.1 Å². The predicted octanol–water partition coefficient (Wildman–Crippen LogP) is 2.98. The SMILES string of the molecule is CC(C)C[C@@H](NC(=O)c1ccc(-c2cncc(N)c2)cc1)c1ncnn1C. The first kappa shape index (κ1) is 18.6. The van der Waals surface area contributed by atoms with Crippen molar-refractivity contribution in [1.82, 2.24) is 25.1 Å². The number of rotatable bonds is 6. The van der Waals surface area contributed by atoms with Crippen LogP contribution in [0.4, 0.5) is 5.69 Å². The third kappa shape index (κ3) is 4.49. The maximum atomic E-state index is 12.7. The van der Waals surface area contributed by atoms with Crippen LogP contribution < -0.4 is 11.1 Å². The van der Waals surface area contributed by atoms with Gasteiger partial charge < -0.3 is 11.1 Å². The van der Waals surface area contributed by atoms with E-state index in [9.17, 15) is 4.79 Å². The van der Waals surface area contributed by atoms with E-state index < -0.39 is 0 Å². The molecule has 0 aliphatic carbocycles. The summed E-state index contributed by atoms with van der Waals surface area (Å²) >= 11 is 0. The number of benzene rings is 1. The van der Waals surface area contributed by atoms with E-state index in [1.165, 1.54) is 6.33 Å². The standard InChI is InChI=1S/C20H24N6O/c1-13(2)8-18(19-23-12-24-26(19)3)25-20(27)15-6-4-14(5-7-15)16-9-17(21)11-22-10-16/h4-7,9-13,18H,8,21H2,1-3H3,(H,25,27)/t18-/m1/s1. The van der Waals surface area contributed by atoms with Gasteiger partial charge in [-0.15, -0.1) is 0 Å². The highest BCUT2D eigenvalue weighted by Crippen LogP contribution is 2.22. The molecule has 1 amide bonds. The lowest BCUT2D eigenvalue weighted by molar-refractivity contribution is 0.0929. The van der Waals surface area contributed by atoms with Crippen LogP contribution in [-0.2, 0) is 7.05 Å². The molecule has 1 aromatic carbocycles. The van der Waals surface area contributed by atoms with Crippen molar-refractivity contribution >= 4 is 11.6 Å². The van der Waals surface area contributed by atoms with Gasteiger partial charge in [-0.3, -0.25) is 14.5 Å². The van der Waals surface area contributed by atoms with Crippen LogP contribution in [0.2, 0.25) is 0 Å². The topological polar surface area (TPSA) is 98.7 Å². The van der Waals surface area contributed by atoms with Crippen LogP contribution >= 0.6 is 0 Å². The summed E-state index contributed by atoms with van der Waals surface area (Å²) in [4.78, 5) is 21.1. The van der Waals surface area contributed by atoms with Gasteiger partial charge in [-0.25, -0.2) is 4.98 Å². The molecule has 3 aromatic rings. The Morgan fingerprint density at radius 3 is 2.52 bits per heavy atom. The Morgan fingerprint density at radius 2 is 1.93 bits per heavy atom. The summed E-state index contributed by atoms with van der Waals surface area (Å²) in [6.07, 6.45) is 5.64.